The van der Waals surface area contributed by atoms with Gasteiger partial charge < -0.3 is 33.8 Å². The molecule has 0 aliphatic heterocycles. The molecule has 17 nitrogen and oxygen atoms in total. The van der Waals surface area contributed by atoms with E-state index in [1.54, 1.807) is 0 Å². The van der Waals surface area contributed by atoms with Gasteiger partial charge in [0.05, 0.1) is 26.4 Å². The van der Waals surface area contributed by atoms with Crippen molar-refractivity contribution in [2.24, 2.45) is 11.8 Å². The molecule has 0 aromatic carbocycles. The van der Waals surface area contributed by atoms with Crippen LogP contribution >= 0.6 is 15.6 Å². The highest BCUT2D eigenvalue weighted by Gasteiger charge is 2.30. The summed E-state index contributed by atoms with van der Waals surface area (Å²) in [5.41, 5.74) is 0. The average molecular weight is 1400 g/mol. The Morgan fingerprint density at radius 2 is 0.484 bits per heavy atom. The van der Waals surface area contributed by atoms with Crippen LogP contribution in [0.4, 0.5) is 0 Å². The van der Waals surface area contributed by atoms with Crippen molar-refractivity contribution in [3.63, 3.8) is 0 Å². The van der Waals surface area contributed by atoms with Gasteiger partial charge in [0.2, 0.25) is 0 Å². The maximum absolute atomic E-state index is 13.1. The number of unbranched alkanes of at least 4 members (excludes halogenated alkanes) is 45. The number of carbonyl (C=O) groups is 4. The second-order valence-corrected chi connectivity index (χ2v) is 31.3. The van der Waals surface area contributed by atoms with Crippen LogP contribution in [-0.2, 0) is 65.4 Å². The van der Waals surface area contributed by atoms with Gasteiger partial charge in [0.1, 0.15) is 19.3 Å². The predicted octanol–water partition coefficient (Wildman–Crippen LogP) is 22.3. The number of phosphoric ester groups is 2. The lowest BCUT2D eigenvalue weighted by atomic mass is 10.0. The SMILES string of the molecule is CCCCCCCCCCCCCCCCCC(=O)OC[C@H](COP(=O)(O)OC[C@@H](O)COP(=O)(O)OC[C@@H](COC(=O)CCCCCCCCCC(C)C)OC(=O)CCCCCCCCCCCCCCCCC)OC(=O)CCCCCCCCCCCCCCC(C)C. The van der Waals surface area contributed by atoms with Crippen molar-refractivity contribution in [3.05, 3.63) is 0 Å². The van der Waals surface area contributed by atoms with Gasteiger partial charge in [-0.2, -0.15) is 0 Å². The van der Waals surface area contributed by atoms with Crippen LogP contribution in [0.1, 0.15) is 395 Å². The summed E-state index contributed by atoms with van der Waals surface area (Å²) in [6, 6.07) is 0. The molecule has 0 rings (SSSR count). The number of phosphoric acid groups is 2. The molecule has 0 aromatic heterocycles. The van der Waals surface area contributed by atoms with Gasteiger partial charge in [-0.3, -0.25) is 37.3 Å². The van der Waals surface area contributed by atoms with E-state index in [1.165, 1.54) is 205 Å². The Balaban J connectivity index is 5.25. The zero-order valence-electron chi connectivity index (χ0n) is 62.0. The summed E-state index contributed by atoms with van der Waals surface area (Å²) < 4.78 is 68.5. The smallest absolute Gasteiger partial charge is 0.462 e. The van der Waals surface area contributed by atoms with Crippen LogP contribution in [0, 0.1) is 11.8 Å². The third kappa shape index (κ3) is 70.3. The van der Waals surface area contributed by atoms with Gasteiger partial charge in [-0.1, -0.05) is 343 Å². The molecule has 564 valence electrons. The molecule has 95 heavy (non-hydrogen) atoms. The summed E-state index contributed by atoms with van der Waals surface area (Å²) in [5, 5.41) is 10.6. The Morgan fingerprint density at radius 1 is 0.284 bits per heavy atom. The molecule has 0 saturated carbocycles. The maximum Gasteiger partial charge on any atom is 0.472 e. The lowest BCUT2D eigenvalue weighted by Crippen LogP contribution is -2.30. The third-order valence-corrected chi connectivity index (χ3v) is 19.6. The first-order valence-corrected chi connectivity index (χ1v) is 42.5. The van der Waals surface area contributed by atoms with E-state index in [0.29, 0.717) is 31.6 Å². The van der Waals surface area contributed by atoms with Crippen LogP contribution in [0.3, 0.4) is 0 Å². The number of hydrogen-bond acceptors (Lipinski definition) is 15. The number of esters is 4. The number of carbonyl (C=O) groups excluding carboxylic acids is 4. The lowest BCUT2D eigenvalue weighted by Gasteiger charge is -2.21. The Hall–Kier alpha value is -1.94. The first-order valence-electron chi connectivity index (χ1n) is 39.5. The van der Waals surface area contributed by atoms with E-state index < -0.39 is 97.5 Å². The summed E-state index contributed by atoms with van der Waals surface area (Å²) in [6.45, 7) is 9.56. The van der Waals surface area contributed by atoms with Crippen molar-refractivity contribution in [2.45, 2.75) is 413 Å². The van der Waals surface area contributed by atoms with E-state index in [2.05, 4.69) is 41.5 Å². The van der Waals surface area contributed by atoms with E-state index in [-0.39, 0.29) is 25.7 Å². The highest BCUT2D eigenvalue weighted by molar-refractivity contribution is 7.47. The third-order valence-electron chi connectivity index (χ3n) is 17.7. The van der Waals surface area contributed by atoms with Crippen LogP contribution in [0.25, 0.3) is 0 Å². The van der Waals surface area contributed by atoms with Gasteiger partial charge in [-0.05, 0) is 37.5 Å². The summed E-state index contributed by atoms with van der Waals surface area (Å²) in [6.07, 6.45) is 55.4. The molecule has 0 heterocycles. The summed E-state index contributed by atoms with van der Waals surface area (Å²) in [4.78, 5) is 72.8. The second-order valence-electron chi connectivity index (χ2n) is 28.3. The molecule has 0 aromatic rings. The van der Waals surface area contributed by atoms with Crippen molar-refractivity contribution in [3.8, 4) is 0 Å². The minimum Gasteiger partial charge on any atom is -0.462 e. The molecule has 19 heteroatoms. The van der Waals surface area contributed by atoms with Gasteiger partial charge in [-0.15, -0.1) is 0 Å². The molecule has 0 saturated heterocycles. The van der Waals surface area contributed by atoms with Crippen LogP contribution in [0.5, 0.6) is 0 Å². The fraction of sp³-hybridized carbons (Fsp3) is 0.947. The van der Waals surface area contributed by atoms with Gasteiger partial charge >= 0.3 is 39.5 Å². The maximum atomic E-state index is 13.1. The summed E-state index contributed by atoms with van der Waals surface area (Å²) >= 11 is 0. The monoisotopic (exact) mass is 1400 g/mol. The molecule has 0 radical (unpaired) electrons. The fourth-order valence-corrected chi connectivity index (χ4v) is 13.2. The van der Waals surface area contributed by atoms with Gasteiger partial charge in [0.25, 0.3) is 0 Å². The molecule has 0 fully saturated rings. The van der Waals surface area contributed by atoms with Crippen molar-refractivity contribution in [1.29, 1.82) is 0 Å². The number of rotatable bonds is 75. The Bertz CT molecular complexity index is 1840. The topological polar surface area (TPSA) is 237 Å². The summed E-state index contributed by atoms with van der Waals surface area (Å²) in [5.74, 6) is -0.632. The normalized spacial score (nSPS) is 14.0. The standard InChI is InChI=1S/C76H148O17P2/c1-7-9-11-13-15-17-19-21-23-25-30-34-40-46-52-58-73(78)86-64-71(92-76(81)61-55-49-42-36-32-28-27-29-33-38-44-50-56-68(3)4)66-90-94(82,83)88-62-70(77)63-89-95(84,85)91-67-72(65-87-74(79)59-53-47-43-37-39-45-51-57-69(5)6)93-75(80)60-54-48-41-35-31-26-24-22-20-18-16-14-12-10-8-2/h68-72,77H,7-67H2,1-6H3,(H,82,83)(H,84,85)/t70-,71-,72-/m1/s1. The molecular formula is C76H148O17P2. The molecule has 0 bridgehead atoms. The lowest BCUT2D eigenvalue weighted by molar-refractivity contribution is -0.161. The molecule has 0 aliphatic carbocycles. The molecule has 0 aliphatic rings. The predicted molar refractivity (Wildman–Crippen MR) is 386 cm³/mol. The van der Waals surface area contributed by atoms with Gasteiger partial charge in [0, 0.05) is 25.7 Å². The minimum atomic E-state index is -4.96. The number of hydrogen-bond donors (Lipinski definition) is 3. The van der Waals surface area contributed by atoms with Crippen molar-refractivity contribution >= 4 is 39.5 Å². The Kier molecular flexibility index (Phi) is 66.5. The molecule has 5 atom stereocenters. The van der Waals surface area contributed by atoms with Gasteiger partial charge in [-0.25, -0.2) is 9.13 Å². The molecule has 3 N–H and O–H groups in total. The van der Waals surface area contributed by atoms with E-state index in [4.69, 9.17) is 37.0 Å². The van der Waals surface area contributed by atoms with Crippen molar-refractivity contribution in [2.75, 3.05) is 39.6 Å². The summed E-state index contributed by atoms with van der Waals surface area (Å²) in [7, 11) is -9.91. The first-order chi connectivity index (χ1) is 45.9. The number of ether oxygens (including phenoxy) is 4. The van der Waals surface area contributed by atoms with E-state index in [1.807, 2.05) is 0 Å². The zero-order valence-corrected chi connectivity index (χ0v) is 63.8. The van der Waals surface area contributed by atoms with Crippen LogP contribution < -0.4 is 0 Å². The molecule has 0 amide bonds. The first kappa shape index (κ1) is 93.1. The van der Waals surface area contributed by atoms with Crippen molar-refractivity contribution < 1.29 is 80.2 Å². The van der Waals surface area contributed by atoms with Crippen LogP contribution in [0.15, 0.2) is 0 Å². The Morgan fingerprint density at radius 3 is 0.716 bits per heavy atom. The fourth-order valence-electron chi connectivity index (χ4n) is 11.7. The quantitative estimate of drug-likeness (QED) is 0.0222. The van der Waals surface area contributed by atoms with E-state index in [9.17, 15) is 43.2 Å². The second kappa shape index (κ2) is 67.9. The van der Waals surface area contributed by atoms with Gasteiger partial charge in [0.15, 0.2) is 12.2 Å². The van der Waals surface area contributed by atoms with Crippen LogP contribution in [-0.4, -0.2) is 96.7 Å². The van der Waals surface area contributed by atoms with Crippen LogP contribution in [0.2, 0.25) is 0 Å². The van der Waals surface area contributed by atoms with E-state index in [0.717, 1.165) is 102 Å². The van der Waals surface area contributed by atoms with E-state index >= 15 is 0 Å². The average Bonchev–Trinajstić information content (AvgIpc) is 1.77. The number of aliphatic hydroxyl groups is 1. The molecule has 0 spiro atoms. The Labute approximate surface area is 581 Å². The molecule has 2 unspecified atom stereocenters. The number of aliphatic hydroxyl groups excluding tert-OH is 1. The van der Waals surface area contributed by atoms with Crippen molar-refractivity contribution in [1.82, 2.24) is 0 Å². The molecular weight excluding hydrogens is 1250 g/mol. The highest BCUT2D eigenvalue weighted by Crippen LogP contribution is 2.45. The zero-order chi connectivity index (χ0) is 70.0. The minimum absolute atomic E-state index is 0.107. The highest BCUT2D eigenvalue weighted by atomic mass is 31.2. The largest absolute Gasteiger partial charge is 0.472 e.